The van der Waals surface area contributed by atoms with Gasteiger partial charge in [0.05, 0.1) is 6.42 Å². The lowest BCUT2D eigenvalue weighted by Crippen LogP contribution is -2.14. The first-order valence-electron chi connectivity index (χ1n) is 7.00. The van der Waals surface area contributed by atoms with E-state index in [9.17, 15) is 4.79 Å². The number of rotatable bonds is 6. The third-order valence-corrected chi connectivity index (χ3v) is 3.53. The molecule has 1 aromatic carbocycles. The molecule has 1 amide bonds. The summed E-state index contributed by atoms with van der Waals surface area (Å²) in [6.07, 6.45) is 4.87. The van der Waals surface area contributed by atoms with Crippen LogP contribution in [-0.4, -0.2) is 10.9 Å². The Balaban J connectivity index is 2.39. The molecule has 0 atom stereocenters. The standard InChI is InChI=1S/C16H22N2O/c1-3-4-5-6-14-13(10-16(17)19)12-9-11(2)7-8-15(12)18-14/h7-9,18H,3-6,10H2,1-2H3,(H2,17,19). The van der Waals surface area contributed by atoms with Gasteiger partial charge in [-0.25, -0.2) is 0 Å². The van der Waals surface area contributed by atoms with Gasteiger partial charge in [0.25, 0.3) is 0 Å². The monoisotopic (exact) mass is 258 g/mol. The number of aromatic amines is 1. The summed E-state index contributed by atoms with van der Waals surface area (Å²) in [5.41, 5.74) is 9.95. The molecule has 3 N–H and O–H groups in total. The first-order valence-corrected chi connectivity index (χ1v) is 7.00. The molecule has 0 unspecified atom stereocenters. The zero-order chi connectivity index (χ0) is 13.8. The van der Waals surface area contributed by atoms with Crippen LogP contribution in [-0.2, 0) is 17.6 Å². The second-order valence-corrected chi connectivity index (χ2v) is 5.23. The van der Waals surface area contributed by atoms with Crippen LogP contribution in [0, 0.1) is 6.92 Å². The molecule has 3 nitrogen and oxygen atoms in total. The van der Waals surface area contributed by atoms with E-state index in [1.165, 1.54) is 24.1 Å². The molecule has 0 aliphatic carbocycles. The molecule has 0 aliphatic rings. The maximum absolute atomic E-state index is 11.3. The van der Waals surface area contributed by atoms with Gasteiger partial charge in [-0.2, -0.15) is 0 Å². The Morgan fingerprint density at radius 1 is 1.32 bits per heavy atom. The van der Waals surface area contributed by atoms with Gasteiger partial charge in [-0.1, -0.05) is 31.4 Å². The van der Waals surface area contributed by atoms with Crippen molar-refractivity contribution < 1.29 is 4.79 Å². The lowest BCUT2D eigenvalue weighted by molar-refractivity contribution is -0.117. The van der Waals surface area contributed by atoms with Crippen LogP contribution >= 0.6 is 0 Å². The molecule has 0 fully saturated rings. The highest BCUT2D eigenvalue weighted by molar-refractivity contribution is 5.90. The van der Waals surface area contributed by atoms with E-state index in [4.69, 9.17) is 5.73 Å². The number of benzene rings is 1. The molecule has 0 radical (unpaired) electrons. The average Bonchev–Trinajstić information content (AvgIpc) is 2.67. The third-order valence-electron chi connectivity index (χ3n) is 3.53. The molecule has 0 bridgehead atoms. The Hall–Kier alpha value is -1.77. The van der Waals surface area contributed by atoms with Crippen molar-refractivity contribution in [3.63, 3.8) is 0 Å². The first kappa shape index (κ1) is 13.7. The SMILES string of the molecule is CCCCCc1[nH]c2ccc(C)cc2c1CC(N)=O. The van der Waals surface area contributed by atoms with Gasteiger partial charge in [0.1, 0.15) is 0 Å². The molecule has 1 aromatic heterocycles. The Labute approximate surface area is 114 Å². The summed E-state index contributed by atoms with van der Waals surface area (Å²) in [6.45, 7) is 4.26. The summed E-state index contributed by atoms with van der Waals surface area (Å²) >= 11 is 0. The number of carbonyl (C=O) groups is 1. The highest BCUT2D eigenvalue weighted by Gasteiger charge is 2.13. The zero-order valence-corrected chi connectivity index (χ0v) is 11.8. The summed E-state index contributed by atoms with van der Waals surface area (Å²) in [5.74, 6) is -0.265. The van der Waals surface area contributed by atoms with Crippen LogP contribution in [0.2, 0.25) is 0 Å². The number of nitrogens with one attached hydrogen (secondary N) is 1. The van der Waals surface area contributed by atoms with Gasteiger partial charge in [-0.3, -0.25) is 4.79 Å². The van der Waals surface area contributed by atoms with Crippen molar-refractivity contribution in [2.45, 2.75) is 46.0 Å². The highest BCUT2D eigenvalue weighted by Crippen LogP contribution is 2.25. The quantitative estimate of drug-likeness (QED) is 0.768. The predicted octanol–water partition coefficient (Wildman–Crippen LogP) is 3.24. The van der Waals surface area contributed by atoms with E-state index in [1.54, 1.807) is 0 Å². The van der Waals surface area contributed by atoms with E-state index in [1.807, 2.05) is 0 Å². The number of aromatic nitrogens is 1. The fraction of sp³-hybridized carbons (Fsp3) is 0.438. The van der Waals surface area contributed by atoms with Gasteiger partial charge in [0.15, 0.2) is 0 Å². The minimum Gasteiger partial charge on any atom is -0.369 e. The van der Waals surface area contributed by atoms with E-state index < -0.39 is 0 Å². The van der Waals surface area contributed by atoms with Crippen molar-refractivity contribution in [3.8, 4) is 0 Å². The Morgan fingerprint density at radius 3 is 2.79 bits per heavy atom. The van der Waals surface area contributed by atoms with E-state index in [0.717, 1.165) is 29.3 Å². The summed E-state index contributed by atoms with van der Waals surface area (Å²) < 4.78 is 0. The topological polar surface area (TPSA) is 58.9 Å². The third kappa shape index (κ3) is 3.16. The molecule has 1 heterocycles. The van der Waals surface area contributed by atoms with Crippen LogP contribution in [0.5, 0.6) is 0 Å². The molecule has 2 rings (SSSR count). The zero-order valence-electron chi connectivity index (χ0n) is 11.8. The maximum Gasteiger partial charge on any atom is 0.221 e. The normalized spacial score (nSPS) is 11.1. The van der Waals surface area contributed by atoms with Gasteiger partial charge in [-0.15, -0.1) is 0 Å². The fourth-order valence-electron chi connectivity index (χ4n) is 2.56. The second-order valence-electron chi connectivity index (χ2n) is 5.23. The van der Waals surface area contributed by atoms with Gasteiger partial charge >= 0.3 is 0 Å². The van der Waals surface area contributed by atoms with Crippen LogP contribution in [0.1, 0.15) is 43.0 Å². The second kappa shape index (κ2) is 5.91. The lowest BCUT2D eigenvalue weighted by Gasteiger charge is -2.03. The molecule has 3 heteroatoms. The van der Waals surface area contributed by atoms with Crippen molar-refractivity contribution in [3.05, 3.63) is 35.0 Å². The van der Waals surface area contributed by atoms with Crippen LogP contribution in [0.3, 0.4) is 0 Å². The fourth-order valence-corrected chi connectivity index (χ4v) is 2.56. The molecule has 2 aromatic rings. The Bertz CT molecular complexity index is 584. The number of aryl methyl sites for hydroxylation is 2. The largest absolute Gasteiger partial charge is 0.369 e. The average molecular weight is 258 g/mol. The number of carbonyl (C=O) groups excluding carboxylic acids is 1. The van der Waals surface area contributed by atoms with Crippen molar-refractivity contribution in [2.24, 2.45) is 5.73 Å². The summed E-state index contributed by atoms with van der Waals surface area (Å²) in [6, 6.07) is 6.30. The number of primary amides is 1. The summed E-state index contributed by atoms with van der Waals surface area (Å²) in [5, 5.41) is 1.14. The summed E-state index contributed by atoms with van der Waals surface area (Å²) in [7, 11) is 0. The van der Waals surface area contributed by atoms with Gasteiger partial charge in [0, 0.05) is 16.6 Å². The van der Waals surface area contributed by atoms with Gasteiger partial charge in [0.2, 0.25) is 5.91 Å². The van der Waals surface area contributed by atoms with Crippen LogP contribution < -0.4 is 5.73 Å². The maximum atomic E-state index is 11.3. The molecular weight excluding hydrogens is 236 g/mol. The van der Waals surface area contributed by atoms with Gasteiger partial charge in [-0.05, 0) is 37.5 Å². The molecule has 0 saturated carbocycles. The lowest BCUT2D eigenvalue weighted by atomic mass is 10.0. The minimum atomic E-state index is -0.265. The number of nitrogens with two attached hydrogens (primary N) is 1. The van der Waals surface area contributed by atoms with Crippen molar-refractivity contribution in [2.75, 3.05) is 0 Å². The van der Waals surface area contributed by atoms with Crippen molar-refractivity contribution in [1.29, 1.82) is 0 Å². The van der Waals surface area contributed by atoms with E-state index in [2.05, 4.69) is 37.0 Å². The van der Waals surface area contributed by atoms with Crippen LogP contribution in [0.15, 0.2) is 18.2 Å². The number of H-pyrrole nitrogens is 1. The summed E-state index contributed by atoms with van der Waals surface area (Å²) in [4.78, 5) is 14.7. The molecule has 0 aliphatic heterocycles. The van der Waals surface area contributed by atoms with Gasteiger partial charge < -0.3 is 10.7 Å². The molecular formula is C16H22N2O. The first-order chi connectivity index (χ1) is 9.11. The molecule has 0 saturated heterocycles. The smallest absolute Gasteiger partial charge is 0.221 e. The van der Waals surface area contributed by atoms with E-state index in [0.29, 0.717) is 6.42 Å². The molecule has 19 heavy (non-hydrogen) atoms. The molecule has 0 spiro atoms. The minimum absolute atomic E-state index is 0.265. The number of fused-ring (bicyclic) bond motifs is 1. The van der Waals surface area contributed by atoms with Crippen molar-refractivity contribution in [1.82, 2.24) is 4.98 Å². The van der Waals surface area contributed by atoms with Crippen molar-refractivity contribution >= 4 is 16.8 Å². The number of hydrogen-bond acceptors (Lipinski definition) is 1. The van der Waals surface area contributed by atoms with E-state index >= 15 is 0 Å². The predicted molar refractivity (Wildman–Crippen MR) is 79.2 cm³/mol. The Morgan fingerprint density at radius 2 is 2.11 bits per heavy atom. The number of hydrogen-bond donors (Lipinski definition) is 2. The van der Waals surface area contributed by atoms with Crippen LogP contribution in [0.4, 0.5) is 0 Å². The highest BCUT2D eigenvalue weighted by atomic mass is 16.1. The number of amides is 1. The van der Waals surface area contributed by atoms with Crippen LogP contribution in [0.25, 0.3) is 10.9 Å². The molecule has 102 valence electrons. The Kier molecular flexibility index (Phi) is 4.25. The number of unbranched alkanes of at least 4 members (excludes halogenated alkanes) is 2. The van der Waals surface area contributed by atoms with E-state index in [-0.39, 0.29) is 5.91 Å².